The maximum atomic E-state index is 12.7. The molecule has 1 aliphatic heterocycles. The second-order valence-electron chi connectivity index (χ2n) is 5.64. The largest absolute Gasteiger partial charge is 0.327 e. The Morgan fingerprint density at radius 1 is 1.23 bits per heavy atom. The predicted octanol–water partition coefficient (Wildman–Crippen LogP) is 1.55. The second kappa shape index (κ2) is 4.98. The maximum absolute atomic E-state index is 12.7. The lowest BCUT2D eigenvalue weighted by atomic mass is 10.1. The molecule has 0 radical (unpaired) electrons. The van der Waals surface area contributed by atoms with Gasteiger partial charge in [0, 0.05) is 26.3 Å². The van der Waals surface area contributed by atoms with Crippen LogP contribution in [0.15, 0.2) is 11.0 Å². The molecule has 1 amide bonds. The number of hydrogen-bond donors (Lipinski definition) is 0. The van der Waals surface area contributed by atoms with Crippen LogP contribution in [0, 0.1) is 13.8 Å². The van der Waals surface area contributed by atoms with Crippen molar-refractivity contribution in [2.24, 2.45) is 14.1 Å². The van der Waals surface area contributed by atoms with Crippen molar-refractivity contribution in [3.8, 4) is 0 Å². The highest BCUT2D eigenvalue weighted by molar-refractivity contribution is 6.31. The van der Waals surface area contributed by atoms with E-state index >= 15 is 0 Å². The SMILES string of the molecule is Cc1c2c(n(C)c(=O)c1Cl)CN(C(=O)c1cnc(C)n1C)C2. The summed E-state index contributed by atoms with van der Waals surface area (Å²) in [5, 5.41) is 0.229. The number of fused-ring (bicyclic) bond motifs is 1. The van der Waals surface area contributed by atoms with Gasteiger partial charge < -0.3 is 14.0 Å². The molecule has 1 aliphatic rings. The minimum atomic E-state index is -0.219. The molecule has 0 fully saturated rings. The molecular formula is C15H17ClN4O2. The molecule has 22 heavy (non-hydrogen) atoms. The van der Waals surface area contributed by atoms with Gasteiger partial charge in [0.2, 0.25) is 0 Å². The summed E-state index contributed by atoms with van der Waals surface area (Å²) < 4.78 is 3.30. The summed E-state index contributed by atoms with van der Waals surface area (Å²) in [6.45, 7) is 4.54. The van der Waals surface area contributed by atoms with Crippen molar-refractivity contribution in [2.45, 2.75) is 26.9 Å². The summed E-state index contributed by atoms with van der Waals surface area (Å²) in [5.41, 5.74) is 2.89. The van der Waals surface area contributed by atoms with Gasteiger partial charge in [-0.1, -0.05) is 11.6 Å². The molecule has 0 saturated carbocycles. The number of pyridine rings is 1. The summed E-state index contributed by atoms with van der Waals surface area (Å²) in [6.07, 6.45) is 1.58. The third-order valence-electron chi connectivity index (χ3n) is 4.44. The summed E-state index contributed by atoms with van der Waals surface area (Å²) in [7, 11) is 3.51. The van der Waals surface area contributed by atoms with E-state index in [4.69, 9.17) is 11.6 Å². The number of nitrogens with zero attached hydrogens (tertiary/aromatic N) is 4. The van der Waals surface area contributed by atoms with E-state index < -0.39 is 0 Å². The van der Waals surface area contributed by atoms with Crippen molar-refractivity contribution in [1.82, 2.24) is 19.0 Å². The number of aromatic nitrogens is 3. The highest BCUT2D eigenvalue weighted by Crippen LogP contribution is 2.28. The van der Waals surface area contributed by atoms with Gasteiger partial charge in [0.05, 0.1) is 12.7 Å². The van der Waals surface area contributed by atoms with Crippen molar-refractivity contribution in [3.63, 3.8) is 0 Å². The average molecular weight is 321 g/mol. The van der Waals surface area contributed by atoms with Crippen molar-refractivity contribution < 1.29 is 4.79 Å². The standard InChI is InChI=1S/C15H17ClN4O2/c1-8-10-6-20(7-12(10)19(4)15(22)13(8)16)14(21)11-5-17-9(2)18(11)3/h5H,6-7H2,1-4H3. The molecule has 2 aromatic rings. The number of carbonyl (C=O) groups excluding carboxylic acids is 1. The smallest absolute Gasteiger partial charge is 0.272 e. The van der Waals surface area contributed by atoms with Crippen LogP contribution in [0.3, 0.4) is 0 Å². The average Bonchev–Trinajstić information content (AvgIpc) is 3.08. The Hall–Kier alpha value is -2.08. The highest BCUT2D eigenvalue weighted by Gasteiger charge is 2.30. The fourth-order valence-electron chi connectivity index (χ4n) is 2.83. The molecule has 0 N–H and O–H groups in total. The van der Waals surface area contributed by atoms with Crippen LogP contribution in [-0.2, 0) is 27.2 Å². The van der Waals surface area contributed by atoms with E-state index in [-0.39, 0.29) is 16.5 Å². The van der Waals surface area contributed by atoms with Crippen LogP contribution in [0.2, 0.25) is 5.02 Å². The van der Waals surface area contributed by atoms with E-state index in [0.717, 1.165) is 22.6 Å². The van der Waals surface area contributed by atoms with Crippen LogP contribution in [0.25, 0.3) is 0 Å². The van der Waals surface area contributed by atoms with Gasteiger partial charge in [0.1, 0.15) is 16.5 Å². The number of carbonyl (C=O) groups is 1. The first-order valence-corrected chi connectivity index (χ1v) is 7.35. The van der Waals surface area contributed by atoms with Crippen molar-refractivity contribution in [3.05, 3.63) is 49.9 Å². The van der Waals surface area contributed by atoms with Gasteiger partial charge in [0.15, 0.2) is 0 Å². The molecule has 0 spiro atoms. The van der Waals surface area contributed by atoms with Crippen molar-refractivity contribution in [2.75, 3.05) is 0 Å². The summed E-state index contributed by atoms with van der Waals surface area (Å²) in [4.78, 5) is 30.6. The van der Waals surface area contributed by atoms with E-state index in [0.29, 0.717) is 18.8 Å². The predicted molar refractivity (Wildman–Crippen MR) is 83.0 cm³/mol. The molecule has 6 nitrogen and oxygen atoms in total. The third-order valence-corrected chi connectivity index (χ3v) is 4.89. The lowest BCUT2D eigenvalue weighted by Gasteiger charge is -2.15. The first-order chi connectivity index (χ1) is 10.3. The number of imidazole rings is 1. The Labute approximate surface area is 132 Å². The second-order valence-corrected chi connectivity index (χ2v) is 6.02. The van der Waals surface area contributed by atoms with E-state index in [1.165, 1.54) is 4.57 Å². The van der Waals surface area contributed by atoms with Crippen LogP contribution in [-0.4, -0.2) is 24.9 Å². The minimum Gasteiger partial charge on any atom is -0.327 e. The molecule has 2 aromatic heterocycles. The van der Waals surface area contributed by atoms with Crippen LogP contribution in [0.4, 0.5) is 0 Å². The van der Waals surface area contributed by atoms with Gasteiger partial charge in [-0.25, -0.2) is 4.98 Å². The maximum Gasteiger partial charge on any atom is 0.272 e. The molecule has 116 valence electrons. The molecule has 0 aromatic carbocycles. The molecule has 0 bridgehead atoms. The van der Waals surface area contributed by atoms with E-state index in [2.05, 4.69) is 4.98 Å². The Bertz CT molecular complexity index is 850. The van der Waals surface area contributed by atoms with Gasteiger partial charge in [-0.05, 0) is 25.0 Å². The van der Waals surface area contributed by atoms with E-state index in [1.54, 1.807) is 22.7 Å². The lowest BCUT2D eigenvalue weighted by Crippen LogP contribution is -2.28. The zero-order chi connectivity index (χ0) is 16.2. The van der Waals surface area contributed by atoms with Crippen LogP contribution < -0.4 is 5.56 Å². The zero-order valence-electron chi connectivity index (χ0n) is 13.0. The summed E-state index contributed by atoms with van der Waals surface area (Å²) in [6, 6.07) is 0. The zero-order valence-corrected chi connectivity index (χ0v) is 13.7. The quantitative estimate of drug-likeness (QED) is 0.801. The Kier molecular flexibility index (Phi) is 3.36. The van der Waals surface area contributed by atoms with Crippen LogP contribution in [0.5, 0.6) is 0 Å². The van der Waals surface area contributed by atoms with Gasteiger partial charge in [-0.3, -0.25) is 9.59 Å². The number of hydrogen-bond acceptors (Lipinski definition) is 3. The van der Waals surface area contributed by atoms with Crippen molar-refractivity contribution in [1.29, 1.82) is 0 Å². The minimum absolute atomic E-state index is 0.0951. The molecule has 0 saturated heterocycles. The molecule has 3 heterocycles. The first kappa shape index (κ1) is 14.8. The van der Waals surface area contributed by atoms with E-state index in [1.807, 2.05) is 20.9 Å². The van der Waals surface area contributed by atoms with Gasteiger partial charge >= 0.3 is 0 Å². The number of amides is 1. The van der Waals surface area contributed by atoms with Gasteiger partial charge in [0.25, 0.3) is 11.5 Å². The number of aryl methyl sites for hydroxylation is 1. The van der Waals surface area contributed by atoms with Crippen LogP contribution >= 0.6 is 11.6 Å². The molecule has 0 unspecified atom stereocenters. The van der Waals surface area contributed by atoms with Gasteiger partial charge in [-0.2, -0.15) is 0 Å². The molecular weight excluding hydrogens is 304 g/mol. The summed E-state index contributed by atoms with van der Waals surface area (Å²) in [5.74, 6) is 0.689. The van der Waals surface area contributed by atoms with E-state index in [9.17, 15) is 9.59 Å². The third kappa shape index (κ3) is 1.98. The summed E-state index contributed by atoms with van der Waals surface area (Å²) >= 11 is 6.09. The topological polar surface area (TPSA) is 60.1 Å². The molecule has 3 rings (SSSR count). The molecule has 7 heteroatoms. The number of halogens is 1. The Morgan fingerprint density at radius 2 is 1.91 bits per heavy atom. The fourth-order valence-corrected chi connectivity index (χ4v) is 3.07. The number of rotatable bonds is 1. The highest BCUT2D eigenvalue weighted by atomic mass is 35.5. The Balaban J connectivity index is 2.00. The first-order valence-electron chi connectivity index (χ1n) is 6.97. The van der Waals surface area contributed by atoms with Crippen molar-refractivity contribution >= 4 is 17.5 Å². The lowest BCUT2D eigenvalue weighted by molar-refractivity contribution is 0.0739. The van der Waals surface area contributed by atoms with Crippen LogP contribution in [0.1, 0.15) is 33.1 Å². The fraction of sp³-hybridized carbons (Fsp3) is 0.400. The monoisotopic (exact) mass is 320 g/mol. The molecule has 0 aliphatic carbocycles. The molecule has 0 atom stereocenters. The Morgan fingerprint density at radius 3 is 2.50 bits per heavy atom. The normalized spacial score (nSPS) is 13.6. The van der Waals surface area contributed by atoms with Gasteiger partial charge in [-0.15, -0.1) is 0 Å².